The second-order valence-corrected chi connectivity index (χ2v) is 9.86. The lowest BCUT2D eigenvalue weighted by atomic mass is 10.0. The summed E-state index contributed by atoms with van der Waals surface area (Å²) in [7, 11) is -3.84. The molecule has 0 fully saturated rings. The van der Waals surface area contributed by atoms with Gasteiger partial charge >= 0.3 is 5.97 Å². The van der Waals surface area contributed by atoms with Crippen LogP contribution in [0.2, 0.25) is 0 Å². The number of benzene rings is 2. The minimum Gasteiger partial charge on any atom is -0.461 e. The van der Waals surface area contributed by atoms with Gasteiger partial charge in [0.2, 0.25) is 10.0 Å². The molecular weight excluding hydrogens is 458 g/mol. The summed E-state index contributed by atoms with van der Waals surface area (Å²) in [6, 6.07) is 14.2. The maximum Gasteiger partial charge on any atom is 0.357 e. The summed E-state index contributed by atoms with van der Waals surface area (Å²) in [6.07, 6.45) is 4.66. The van der Waals surface area contributed by atoms with Crippen LogP contribution in [0, 0.1) is 0 Å². The molecule has 0 aliphatic heterocycles. The largest absolute Gasteiger partial charge is 0.461 e. The monoisotopic (exact) mass is 487 g/mol. The van der Waals surface area contributed by atoms with Crippen LogP contribution in [0.5, 0.6) is 0 Å². The predicted octanol–water partition coefficient (Wildman–Crippen LogP) is 4.49. The van der Waals surface area contributed by atoms with Gasteiger partial charge in [-0.2, -0.15) is 0 Å². The van der Waals surface area contributed by atoms with E-state index in [1.54, 1.807) is 25.1 Å². The number of esters is 1. The van der Waals surface area contributed by atoms with Crippen molar-refractivity contribution in [3.63, 3.8) is 0 Å². The van der Waals surface area contributed by atoms with Gasteiger partial charge < -0.3 is 9.30 Å². The van der Waals surface area contributed by atoms with E-state index in [2.05, 4.69) is 6.92 Å². The summed E-state index contributed by atoms with van der Waals surface area (Å²) in [6.45, 7) is 4.65. The van der Waals surface area contributed by atoms with Crippen molar-refractivity contribution in [2.45, 2.75) is 49.6 Å². The van der Waals surface area contributed by atoms with E-state index in [0.717, 1.165) is 36.2 Å². The molecule has 7 nitrogen and oxygen atoms in total. The number of imidazole rings is 1. The van der Waals surface area contributed by atoms with E-state index in [0.29, 0.717) is 29.4 Å². The van der Waals surface area contributed by atoms with Crippen molar-refractivity contribution in [1.29, 1.82) is 0 Å². The van der Waals surface area contributed by atoms with E-state index >= 15 is 0 Å². The highest BCUT2D eigenvalue weighted by atomic mass is 32.2. The Morgan fingerprint density at radius 3 is 2.42 bits per heavy atom. The SMILES string of the molecule is CCCCc1nc(SC)c(C(=O)OCC)n1Cc1ccc(-c2ccccc2S(N)(=O)=O)cc1. The number of hydrogen-bond donors (Lipinski definition) is 1. The average Bonchev–Trinajstić information content (AvgIpc) is 3.15. The Bertz CT molecular complexity index is 1220. The van der Waals surface area contributed by atoms with E-state index in [1.807, 2.05) is 35.1 Å². The first-order valence-electron chi connectivity index (χ1n) is 10.8. The number of carbonyl (C=O) groups excluding carboxylic acids is 1. The Morgan fingerprint density at radius 1 is 1.12 bits per heavy atom. The zero-order valence-corrected chi connectivity index (χ0v) is 20.7. The number of rotatable bonds is 10. The molecule has 3 aromatic rings. The summed E-state index contributed by atoms with van der Waals surface area (Å²) in [5, 5.41) is 6.05. The Hall–Kier alpha value is -2.62. The molecule has 1 heterocycles. The molecule has 0 radical (unpaired) electrons. The summed E-state index contributed by atoms with van der Waals surface area (Å²) < 4.78 is 31.2. The second-order valence-electron chi connectivity index (χ2n) is 7.53. The minimum atomic E-state index is -3.84. The van der Waals surface area contributed by atoms with E-state index in [-0.39, 0.29) is 10.9 Å². The van der Waals surface area contributed by atoms with Gasteiger partial charge in [0.15, 0.2) is 5.69 Å². The number of aromatic nitrogens is 2. The molecule has 9 heteroatoms. The van der Waals surface area contributed by atoms with Crippen LogP contribution in [0.25, 0.3) is 11.1 Å². The van der Waals surface area contributed by atoms with Crippen LogP contribution in [0.4, 0.5) is 0 Å². The van der Waals surface area contributed by atoms with Crippen molar-refractivity contribution < 1.29 is 17.9 Å². The van der Waals surface area contributed by atoms with Crippen LogP contribution in [0.15, 0.2) is 58.5 Å². The summed E-state index contributed by atoms with van der Waals surface area (Å²) >= 11 is 1.43. The zero-order chi connectivity index (χ0) is 24.0. The fraction of sp³-hybridized carbons (Fsp3) is 0.333. The molecule has 0 bridgehead atoms. The number of aryl methyl sites for hydroxylation is 1. The first-order chi connectivity index (χ1) is 15.8. The van der Waals surface area contributed by atoms with Crippen molar-refractivity contribution in [2.24, 2.45) is 5.14 Å². The third kappa shape index (κ3) is 5.85. The van der Waals surface area contributed by atoms with Crippen molar-refractivity contribution >= 4 is 27.8 Å². The molecule has 176 valence electrons. The number of sulfonamides is 1. The molecule has 2 aromatic carbocycles. The van der Waals surface area contributed by atoms with Gasteiger partial charge in [0.05, 0.1) is 11.5 Å². The summed E-state index contributed by atoms with van der Waals surface area (Å²) in [5.74, 6) is 0.476. The third-order valence-electron chi connectivity index (χ3n) is 5.23. The summed E-state index contributed by atoms with van der Waals surface area (Å²) in [5.41, 5.74) is 2.73. The molecular formula is C24H29N3O4S2. The van der Waals surface area contributed by atoms with Crippen molar-refractivity contribution in [1.82, 2.24) is 9.55 Å². The number of carbonyl (C=O) groups is 1. The standard InChI is InChI=1S/C24H29N3O4S2/c1-4-6-11-21-26-23(32-3)22(24(28)31-5-2)27(21)16-17-12-14-18(15-13-17)19-9-7-8-10-20(19)33(25,29)30/h7-10,12-15H,4-6,11,16H2,1-3H3,(H2,25,29,30). The molecule has 3 rings (SSSR count). The molecule has 0 atom stereocenters. The molecule has 0 saturated carbocycles. The maximum absolute atomic E-state index is 12.7. The van der Waals surface area contributed by atoms with E-state index in [9.17, 15) is 13.2 Å². The number of nitrogens with two attached hydrogens (primary N) is 1. The molecule has 0 amide bonds. The van der Waals surface area contributed by atoms with E-state index in [1.165, 1.54) is 17.8 Å². The van der Waals surface area contributed by atoms with E-state index in [4.69, 9.17) is 14.9 Å². The highest BCUT2D eigenvalue weighted by Gasteiger charge is 2.24. The number of hydrogen-bond acceptors (Lipinski definition) is 6. The van der Waals surface area contributed by atoms with Gasteiger partial charge in [-0.3, -0.25) is 0 Å². The molecule has 0 spiro atoms. The Kier molecular flexibility index (Phi) is 8.34. The maximum atomic E-state index is 12.7. The van der Waals surface area contributed by atoms with Crippen LogP contribution >= 0.6 is 11.8 Å². The van der Waals surface area contributed by atoms with Gasteiger partial charge in [-0.25, -0.2) is 23.3 Å². The van der Waals surface area contributed by atoms with Crippen molar-refractivity contribution in [3.8, 4) is 11.1 Å². The lowest BCUT2D eigenvalue weighted by molar-refractivity contribution is 0.0509. The van der Waals surface area contributed by atoms with Crippen LogP contribution in [-0.4, -0.2) is 36.8 Å². The molecule has 1 aromatic heterocycles. The summed E-state index contributed by atoms with van der Waals surface area (Å²) in [4.78, 5) is 17.5. The van der Waals surface area contributed by atoms with Crippen molar-refractivity contribution in [2.75, 3.05) is 12.9 Å². The van der Waals surface area contributed by atoms with Crippen LogP contribution in [0.1, 0.15) is 48.6 Å². The second kappa shape index (κ2) is 11.0. The Labute approximate surface area is 199 Å². The topological polar surface area (TPSA) is 104 Å². The highest BCUT2D eigenvalue weighted by Crippen LogP contribution is 2.28. The molecule has 2 N–H and O–H groups in total. The smallest absolute Gasteiger partial charge is 0.357 e. The third-order valence-corrected chi connectivity index (χ3v) is 6.87. The van der Waals surface area contributed by atoms with Gasteiger partial charge in [0.25, 0.3) is 0 Å². The highest BCUT2D eigenvalue weighted by molar-refractivity contribution is 7.98. The van der Waals surface area contributed by atoms with Gasteiger partial charge in [-0.1, -0.05) is 55.8 Å². The number of ether oxygens (including phenoxy) is 1. The molecule has 0 aliphatic rings. The fourth-order valence-corrected chi connectivity index (χ4v) is 4.98. The molecule has 0 unspecified atom stereocenters. The van der Waals surface area contributed by atoms with Gasteiger partial charge in [0.1, 0.15) is 10.9 Å². The number of nitrogens with zero attached hydrogens (tertiary/aromatic N) is 2. The number of unbranched alkanes of at least 4 members (excludes halogenated alkanes) is 1. The van der Waals surface area contributed by atoms with Gasteiger partial charge in [-0.05, 0) is 36.8 Å². The van der Waals surface area contributed by atoms with Gasteiger partial charge in [-0.15, -0.1) is 11.8 Å². The predicted molar refractivity (Wildman–Crippen MR) is 131 cm³/mol. The average molecular weight is 488 g/mol. The van der Waals surface area contributed by atoms with Crippen LogP contribution in [0.3, 0.4) is 0 Å². The molecule has 33 heavy (non-hydrogen) atoms. The minimum absolute atomic E-state index is 0.0865. The first-order valence-corrected chi connectivity index (χ1v) is 13.6. The fourth-order valence-electron chi connectivity index (χ4n) is 3.64. The zero-order valence-electron chi connectivity index (χ0n) is 19.1. The Balaban J connectivity index is 1.99. The first kappa shape index (κ1) is 25.0. The lowest BCUT2D eigenvalue weighted by Gasteiger charge is -2.13. The van der Waals surface area contributed by atoms with Crippen molar-refractivity contribution in [3.05, 3.63) is 65.6 Å². The molecule has 0 aliphatic carbocycles. The quantitative estimate of drug-likeness (QED) is 0.334. The van der Waals surface area contributed by atoms with E-state index < -0.39 is 10.0 Å². The lowest BCUT2D eigenvalue weighted by Crippen LogP contribution is -2.16. The normalized spacial score (nSPS) is 11.5. The van der Waals surface area contributed by atoms with Crippen LogP contribution in [-0.2, 0) is 27.7 Å². The Morgan fingerprint density at radius 2 is 1.82 bits per heavy atom. The van der Waals surface area contributed by atoms with Crippen LogP contribution < -0.4 is 5.14 Å². The van der Waals surface area contributed by atoms with Gasteiger partial charge in [0, 0.05) is 18.5 Å². The number of thioether (sulfide) groups is 1. The number of primary sulfonamides is 1. The molecule has 0 saturated heterocycles.